The van der Waals surface area contributed by atoms with Crippen LogP contribution >= 0.6 is 23.2 Å². The van der Waals surface area contributed by atoms with E-state index in [1.54, 1.807) is 6.07 Å². The van der Waals surface area contributed by atoms with E-state index in [1.165, 1.54) is 0 Å². The van der Waals surface area contributed by atoms with Crippen molar-refractivity contribution in [3.05, 3.63) is 63.6 Å². The second-order valence-corrected chi connectivity index (χ2v) is 7.04. The van der Waals surface area contributed by atoms with E-state index in [-0.39, 0.29) is 6.04 Å². The van der Waals surface area contributed by atoms with Gasteiger partial charge in [-0.05, 0) is 37.5 Å². The standard InChI is InChI=1S/C20H21Cl2NO3/c1-2-26-17-11-4-3-7-13(17)19(14-8-5-9-15(21)18(14)22)23-12-6-10-16(23)20(24)25/h3-5,7-9,11,16,19H,2,6,10,12H2,1H3,(H,24,25). The largest absolute Gasteiger partial charge is 0.494 e. The maximum atomic E-state index is 11.8. The second kappa shape index (κ2) is 8.30. The SMILES string of the molecule is CCOc1ccccc1C(c1cccc(Cl)c1Cl)N1CCCC1C(=O)O. The number of benzene rings is 2. The summed E-state index contributed by atoms with van der Waals surface area (Å²) in [6.07, 6.45) is 1.43. The Hall–Kier alpha value is -1.75. The van der Waals surface area contributed by atoms with Crippen molar-refractivity contribution in [1.29, 1.82) is 0 Å². The van der Waals surface area contributed by atoms with Crippen LogP contribution in [0.15, 0.2) is 42.5 Å². The third-order valence-electron chi connectivity index (χ3n) is 4.70. The first kappa shape index (κ1) is 19.0. The number of carboxylic acids is 1. The van der Waals surface area contributed by atoms with Gasteiger partial charge in [-0.2, -0.15) is 0 Å². The molecular weight excluding hydrogens is 373 g/mol. The molecule has 2 aromatic rings. The van der Waals surface area contributed by atoms with Gasteiger partial charge in [0.1, 0.15) is 11.8 Å². The molecule has 4 nitrogen and oxygen atoms in total. The van der Waals surface area contributed by atoms with Crippen LogP contribution in [-0.2, 0) is 4.79 Å². The van der Waals surface area contributed by atoms with E-state index in [9.17, 15) is 9.90 Å². The summed E-state index contributed by atoms with van der Waals surface area (Å²) in [7, 11) is 0. The average molecular weight is 394 g/mol. The predicted molar refractivity (Wildman–Crippen MR) is 103 cm³/mol. The van der Waals surface area contributed by atoms with E-state index < -0.39 is 12.0 Å². The third kappa shape index (κ3) is 3.68. The zero-order chi connectivity index (χ0) is 18.7. The second-order valence-electron chi connectivity index (χ2n) is 6.25. The molecule has 26 heavy (non-hydrogen) atoms. The predicted octanol–water partition coefficient (Wildman–Crippen LogP) is 5.03. The van der Waals surface area contributed by atoms with Crippen LogP contribution in [0.25, 0.3) is 0 Å². The smallest absolute Gasteiger partial charge is 0.320 e. The third-order valence-corrected chi connectivity index (χ3v) is 5.53. The molecule has 0 spiro atoms. The first-order chi connectivity index (χ1) is 12.5. The van der Waals surface area contributed by atoms with Crippen molar-refractivity contribution >= 4 is 29.2 Å². The Labute approximate surface area is 163 Å². The number of hydrogen-bond acceptors (Lipinski definition) is 3. The number of rotatable bonds is 6. The van der Waals surface area contributed by atoms with Gasteiger partial charge in [-0.25, -0.2) is 0 Å². The van der Waals surface area contributed by atoms with Gasteiger partial charge in [0.25, 0.3) is 0 Å². The fourth-order valence-electron chi connectivity index (χ4n) is 3.61. The summed E-state index contributed by atoms with van der Waals surface area (Å²) in [5.74, 6) is -0.0911. The van der Waals surface area contributed by atoms with Crippen LogP contribution < -0.4 is 4.74 Å². The Morgan fingerprint density at radius 1 is 1.23 bits per heavy atom. The number of nitrogens with zero attached hydrogens (tertiary/aromatic N) is 1. The Balaban J connectivity index is 2.17. The molecule has 2 atom stereocenters. The van der Waals surface area contributed by atoms with Gasteiger partial charge in [-0.3, -0.25) is 9.69 Å². The lowest BCUT2D eigenvalue weighted by atomic mass is 9.95. The summed E-state index contributed by atoms with van der Waals surface area (Å²) in [5, 5.41) is 10.6. The lowest BCUT2D eigenvalue weighted by Crippen LogP contribution is -2.39. The van der Waals surface area contributed by atoms with Gasteiger partial charge >= 0.3 is 5.97 Å². The van der Waals surface area contributed by atoms with E-state index in [4.69, 9.17) is 27.9 Å². The van der Waals surface area contributed by atoms with Gasteiger partial charge in [0, 0.05) is 12.1 Å². The molecule has 6 heteroatoms. The van der Waals surface area contributed by atoms with Gasteiger partial charge < -0.3 is 9.84 Å². The van der Waals surface area contributed by atoms with E-state index in [0.717, 1.165) is 23.3 Å². The maximum absolute atomic E-state index is 11.8. The fourth-order valence-corrected chi connectivity index (χ4v) is 4.02. The summed E-state index contributed by atoms with van der Waals surface area (Å²) in [6.45, 7) is 3.12. The zero-order valence-electron chi connectivity index (χ0n) is 14.5. The molecule has 1 heterocycles. The monoisotopic (exact) mass is 393 g/mol. The molecular formula is C20H21Cl2NO3. The molecule has 1 aliphatic heterocycles. The highest BCUT2D eigenvalue weighted by atomic mass is 35.5. The summed E-state index contributed by atoms with van der Waals surface area (Å²) in [4.78, 5) is 13.8. The van der Waals surface area contributed by atoms with Crippen LogP contribution in [0.3, 0.4) is 0 Å². The molecule has 2 unspecified atom stereocenters. The molecule has 0 saturated carbocycles. The van der Waals surface area contributed by atoms with Gasteiger partial charge in [0.05, 0.1) is 22.7 Å². The molecule has 1 aliphatic rings. The Kier molecular flexibility index (Phi) is 6.07. The van der Waals surface area contributed by atoms with Crippen LogP contribution in [0.1, 0.15) is 36.9 Å². The highest BCUT2D eigenvalue weighted by molar-refractivity contribution is 6.42. The van der Waals surface area contributed by atoms with Gasteiger partial charge in [-0.15, -0.1) is 0 Å². The molecule has 0 bridgehead atoms. The Morgan fingerprint density at radius 2 is 1.96 bits per heavy atom. The van der Waals surface area contributed by atoms with Crippen LogP contribution in [0.2, 0.25) is 10.0 Å². The summed E-state index contributed by atoms with van der Waals surface area (Å²) < 4.78 is 5.81. The van der Waals surface area contributed by atoms with Crippen molar-refractivity contribution in [2.45, 2.75) is 31.8 Å². The quantitative estimate of drug-likeness (QED) is 0.747. The molecule has 3 rings (SSSR count). The molecule has 138 valence electrons. The van der Waals surface area contributed by atoms with Crippen molar-refractivity contribution in [3.63, 3.8) is 0 Å². The molecule has 1 saturated heterocycles. The molecule has 1 fully saturated rings. The molecule has 0 aliphatic carbocycles. The van der Waals surface area contributed by atoms with Gasteiger partial charge in [0.15, 0.2) is 0 Å². The van der Waals surface area contributed by atoms with Crippen molar-refractivity contribution < 1.29 is 14.6 Å². The molecule has 0 amide bonds. The lowest BCUT2D eigenvalue weighted by molar-refractivity contribution is -0.142. The molecule has 0 radical (unpaired) electrons. The highest BCUT2D eigenvalue weighted by Crippen LogP contribution is 2.42. The molecule has 2 aromatic carbocycles. The number of carboxylic acid groups (broad SMARTS) is 1. The van der Waals surface area contributed by atoms with Gasteiger partial charge in [-0.1, -0.05) is 53.5 Å². The van der Waals surface area contributed by atoms with Crippen molar-refractivity contribution in [2.24, 2.45) is 0 Å². The maximum Gasteiger partial charge on any atom is 0.320 e. The van der Waals surface area contributed by atoms with E-state index in [0.29, 0.717) is 29.6 Å². The number of aliphatic carboxylic acids is 1. The number of hydrogen-bond donors (Lipinski definition) is 1. The first-order valence-corrected chi connectivity index (χ1v) is 9.44. The first-order valence-electron chi connectivity index (χ1n) is 8.68. The van der Waals surface area contributed by atoms with Crippen LogP contribution in [0, 0.1) is 0 Å². The number of para-hydroxylation sites is 1. The van der Waals surface area contributed by atoms with E-state index >= 15 is 0 Å². The van der Waals surface area contributed by atoms with E-state index in [1.807, 2.05) is 48.2 Å². The molecule has 0 aromatic heterocycles. The zero-order valence-corrected chi connectivity index (χ0v) is 16.0. The molecule has 1 N–H and O–H groups in total. The topological polar surface area (TPSA) is 49.8 Å². The fraction of sp³-hybridized carbons (Fsp3) is 0.350. The summed E-state index contributed by atoms with van der Waals surface area (Å²) in [6, 6.07) is 12.3. The number of carbonyl (C=O) groups is 1. The minimum atomic E-state index is -0.820. The Bertz CT molecular complexity index is 796. The minimum absolute atomic E-state index is 0.340. The minimum Gasteiger partial charge on any atom is -0.494 e. The van der Waals surface area contributed by atoms with E-state index in [2.05, 4.69) is 0 Å². The Morgan fingerprint density at radius 3 is 2.69 bits per heavy atom. The van der Waals surface area contributed by atoms with Crippen molar-refractivity contribution in [2.75, 3.05) is 13.2 Å². The van der Waals surface area contributed by atoms with Crippen LogP contribution in [0.5, 0.6) is 5.75 Å². The average Bonchev–Trinajstić information content (AvgIpc) is 3.10. The van der Waals surface area contributed by atoms with Crippen LogP contribution in [0.4, 0.5) is 0 Å². The van der Waals surface area contributed by atoms with Gasteiger partial charge in [0.2, 0.25) is 0 Å². The summed E-state index contributed by atoms with van der Waals surface area (Å²) in [5.41, 5.74) is 1.69. The number of halogens is 2. The number of likely N-dealkylation sites (tertiary alicyclic amines) is 1. The summed E-state index contributed by atoms with van der Waals surface area (Å²) >= 11 is 12.8. The lowest BCUT2D eigenvalue weighted by Gasteiger charge is -2.33. The van der Waals surface area contributed by atoms with Crippen molar-refractivity contribution in [3.8, 4) is 5.75 Å². The number of ether oxygens (including phenoxy) is 1. The normalized spacial score (nSPS) is 18.7. The van der Waals surface area contributed by atoms with Crippen molar-refractivity contribution in [1.82, 2.24) is 4.90 Å². The highest BCUT2D eigenvalue weighted by Gasteiger charge is 2.38. The van der Waals surface area contributed by atoms with Crippen LogP contribution in [-0.4, -0.2) is 35.2 Å².